The van der Waals surface area contributed by atoms with Gasteiger partial charge in [-0.2, -0.15) is 0 Å². The molecule has 0 aliphatic heterocycles. The first-order chi connectivity index (χ1) is 14.4. The van der Waals surface area contributed by atoms with Gasteiger partial charge in [0.2, 0.25) is 0 Å². The van der Waals surface area contributed by atoms with Crippen molar-refractivity contribution in [3.05, 3.63) is 80.6 Å². The lowest BCUT2D eigenvalue weighted by atomic mass is 10.1. The molecule has 0 N–H and O–H groups in total. The van der Waals surface area contributed by atoms with Gasteiger partial charge in [-0.15, -0.1) is 5.10 Å². The highest BCUT2D eigenvalue weighted by atomic mass is 35.5. The lowest BCUT2D eigenvalue weighted by Crippen LogP contribution is -2.36. The van der Waals surface area contributed by atoms with Gasteiger partial charge in [0.1, 0.15) is 0 Å². The van der Waals surface area contributed by atoms with Gasteiger partial charge in [0.25, 0.3) is 11.6 Å². The molecule has 3 aromatic rings. The maximum atomic E-state index is 13.5. The summed E-state index contributed by atoms with van der Waals surface area (Å²) in [6, 6.07) is 13.5. The summed E-state index contributed by atoms with van der Waals surface area (Å²) >= 11 is 6.37. The van der Waals surface area contributed by atoms with Crippen molar-refractivity contribution in [1.82, 2.24) is 19.9 Å². The summed E-state index contributed by atoms with van der Waals surface area (Å²) in [5, 5.41) is 19.9. The number of rotatable bonds is 6. The second kappa shape index (κ2) is 7.87. The second-order valence-electron chi connectivity index (χ2n) is 7.35. The number of carbonyl (C=O) groups is 1. The Morgan fingerprint density at radius 1 is 1.27 bits per heavy atom. The number of benzene rings is 2. The van der Waals surface area contributed by atoms with Crippen LogP contribution in [0.4, 0.5) is 5.69 Å². The molecule has 9 heteroatoms. The van der Waals surface area contributed by atoms with Crippen molar-refractivity contribution in [3.8, 4) is 5.69 Å². The average Bonchev–Trinajstić information content (AvgIpc) is 3.49. The SMILES string of the molecule is Cc1c(C(=O)N(C2CC2)C(C)c2ccccc2Cl)nnn1-c1cccc([N+](=O)[O-])c1. The number of hydrogen-bond donors (Lipinski definition) is 0. The third-order valence-electron chi connectivity index (χ3n) is 5.33. The van der Waals surface area contributed by atoms with Gasteiger partial charge in [-0.05, 0) is 44.4 Å². The smallest absolute Gasteiger partial charge is 0.277 e. The van der Waals surface area contributed by atoms with Crippen molar-refractivity contribution >= 4 is 23.2 Å². The number of amides is 1. The summed E-state index contributed by atoms with van der Waals surface area (Å²) in [6.45, 7) is 3.69. The maximum Gasteiger partial charge on any atom is 0.277 e. The fraction of sp³-hybridized carbons (Fsp3) is 0.286. The van der Waals surface area contributed by atoms with E-state index in [2.05, 4.69) is 10.3 Å². The van der Waals surface area contributed by atoms with Crippen LogP contribution in [0.15, 0.2) is 48.5 Å². The molecule has 1 saturated carbocycles. The summed E-state index contributed by atoms with van der Waals surface area (Å²) in [4.78, 5) is 25.9. The van der Waals surface area contributed by atoms with E-state index in [0.717, 1.165) is 18.4 Å². The van der Waals surface area contributed by atoms with E-state index < -0.39 is 4.92 Å². The summed E-state index contributed by atoms with van der Waals surface area (Å²) in [5.74, 6) is -0.223. The number of nitro groups is 1. The van der Waals surface area contributed by atoms with E-state index in [-0.39, 0.29) is 29.4 Å². The number of halogens is 1. The van der Waals surface area contributed by atoms with Crippen LogP contribution in [0.5, 0.6) is 0 Å². The average molecular weight is 426 g/mol. The van der Waals surface area contributed by atoms with Crippen LogP contribution in [0.1, 0.15) is 47.6 Å². The van der Waals surface area contributed by atoms with Gasteiger partial charge < -0.3 is 4.90 Å². The first kappa shape index (κ1) is 20.0. The van der Waals surface area contributed by atoms with Crippen LogP contribution in [0.25, 0.3) is 5.69 Å². The van der Waals surface area contributed by atoms with Crippen molar-refractivity contribution in [3.63, 3.8) is 0 Å². The van der Waals surface area contributed by atoms with Crippen LogP contribution in [0.2, 0.25) is 5.02 Å². The first-order valence-electron chi connectivity index (χ1n) is 9.62. The predicted molar refractivity (Wildman–Crippen MR) is 112 cm³/mol. The number of nitrogens with zero attached hydrogens (tertiary/aromatic N) is 5. The molecule has 8 nitrogen and oxygen atoms in total. The molecule has 0 spiro atoms. The standard InChI is InChI=1S/C21H20ClN5O3/c1-13(18-8-3-4-9-19(18)22)25(15-10-11-15)21(28)20-14(2)26(24-23-20)16-6-5-7-17(12-16)27(29)30/h3-9,12-13,15H,10-11H2,1-2H3. The zero-order chi connectivity index (χ0) is 21.4. The Kier molecular flexibility index (Phi) is 5.26. The molecule has 154 valence electrons. The van der Waals surface area contributed by atoms with Gasteiger partial charge in [0, 0.05) is 23.2 Å². The van der Waals surface area contributed by atoms with Gasteiger partial charge in [0.15, 0.2) is 5.69 Å². The molecule has 1 aliphatic carbocycles. The van der Waals surface area contributed by atoms with Crippen LogP contribution in [0, 0.1) is 17.0 Å². The molecule has 4 rings (SSSR count). The number of non-ortho nitro benzene ring substituents is 1. The minimum absolute atomic E-state index is 0.0535. The topological polar surface area (TPSA) is 94.2 Å². The minimum Gasteiger partial charge on any atom is -0.327 e. The van der Waals surface area contributed by atoms with Crippen LogP contribution in [0.3, 0.4) is 0 Å². The second-order valence-corrected chi connectivity index (χ2v) is 7.76. The quantitative estimate of drug-likeness (QED) is 0.428. The van der Waals surface area contributed by atoms with Gasteiger partial charge in [-0.1, -0.05) is 41.1 Å². The Morgan fingerprint density at radius 2 is 2.00 bits per heavy atom. The number of carbonyl (C=O) groups excluding carboxylic acids is 1. The molecule has 1 aromatic heterocycles. The van der Waals surface area contributed by atoms with E-state index in [4.69, 9.17) is 11.6 Å². The Labute approximate surface area is 178 Å². The zero-order valence-electron chi connectivity index (χ0n) is 16.5. The predicted octanol–water partition coefficient (Wildman–Crippen LogP) is 4.50. The third kappa shape index (κ3) is 3.66. The van der Waals surface area contributed by atoms with E-state index in [1.165, 1.54) is 16.8 Å². The molecule has 0 bridgehead atoms. The third-order valence-corrected chi connectivity index (χ3v) is 5.67. The Balaban J connectivity index is 1.68. The van der Waals surface area contributed by atoms with Crippen LogP contribution in [-0.2, 0) is 0 Å². The molecule has 1 fully saturated rings. The van der Waals surface area contributed by atoms with Crippen LogP contribution < -0.4 is 0 Å². The van der Waals surface area contributed by atoms with Gasteiger partial charge in [-0.25, -0.2) is 4.68 Å². The van der Waals surface area contributed by atoms with Crippen LogP contribution >= 0.6 is 11.6 Å². The highest BCUT2D eigenvalue weighted by molar-refractivity contribution is 6.31. The van der Waals surface area contributed by atoms with Gasteiger partial charge in [-0.3, -0.25) is 14.9 Å². The molecule has 30 heavy (non-hydrogen) atoms. The molecule has 1 aliphatic rings. The lowest BCUT2D eigenvalue weighted by Gasteiger charge is -2.29. The zero-order valence-corrected chi connectivity index (χ0v) is 17.3. The molecule has 1 unspecified atom stereocenters. The summed E-state index contributed by atoms with van der Waals surface area (Å²) < 4.78 is 1.45. The molecule has 1 amide bonds. The van der Waals surface area contributed by atoms with Crippen molar-refractivity contribution in [1.29, 1.82) is 0 Å². The highest BCUT2D eigenvalue weighted by Gasteiger charge is 2.39. The normalized spacial score (nSPS) is 14.4. The minimum atomic E-state index is -0.470. The Hall–Kier alpha value is -3.26. The van der Waals surface area contributed by atoms with Crippen molar-refractivity contribution < 1.29 is 9.72 Å². The molecule has 1 atom stereocenters. The summed E-state index contributed by atoms with van der Waals surface area (Å²) in [7, 11) is 0. The first-order valence-corrected chi connectivity index (χ1v) is 10.0. The van der Waals surface area contributed by atoms with Crippen molar-refractivity contribution in [2.24, 2.45) is 0 Å². The van der Waals surface area contributed by atoms with E-state index in [1.54, 1.807) is 19.1 Å². The molecule has 2 aromatic carbocycles. The number of nitro benzene ring substituents is 1. The largest absolute Gasteiger partial charge is 0.327 e. The molecular weight excluding hydrogens is 406 g/mol. The molecule has 1 heterocycles. The Bertz CT molecular complexity index is 1130. The summed E-state index contributed by atoms with van der Waals surface area (Å²) in [5.41, 5.74) is 2.06. The van der Waals surface area contributed by atoms with E-state index in [1.807, 2.05) is 36.1 Å². The van der Waals surface area contributed by atoms with Gasteiger partial charge >= 0.3 is 0 Å². The van der Waals surface area contributed by atoms with E-state index in [9.17, 15) is 14.9 Å². The number of aromatic nitrogens is 3. The van der Waals surface area contributed by atoms with Crippen molar-refractivity contribution in [2.45, 2.75) is 38.8 Å². The van der Waals surface area contributed by atoms with Crippen molar-refractivity contribution in [2.75, 3.05) is 0 Å². The van der Waals surface area contributed by atoms with E-state index >= 15 is 0 Å². The molecule has 0 radical (unpaired) electrons. The Morgan fingerprint density at radius 3 is 2.67 bits per heavy atom. The summed E-state index contributed by atoms with van der Waals surface area (Å²) in [6.07, 6.45) is 1.86. The lowest BCUT2D eigenvalue weighted by molar-refractivity contribution is -0.384. The highest BCUT2D eigenvalue weighted by Crippen LogP contribution is 2.37. The molecular formula is C21H20ClN5O3. The fourth-order valence-corrected chi connectivity index (χ4v) is 3.90. The van der Waals surface area contributed by atoms with Gasteiger partial charge in [0.05, 0.1) is 22.3 Å². The molecule has 0 saturated heterocycles. The monoisotopic (exact) mass is 425 g/mol. The number of hydrogen-bond acceptors (Lipinski definition) is 5. The van der Waals surface area contributed by atoms with E-state index in [0.29, 0.717) is 16.4 Å². The van der Waals surface area contributed by atoms with Crippen LogP contribution in [-0.4, -0.2) is 36.8 Å². The maximum absolute atomic E-state index is 13.5. The fourth-order valence-electron chi connectivity index (χ4n) is 3.61.